The van der Waals surface area contributed by atoms with E-state index in [0.29, 0.717) is 23.3 Å². The molecule has 8 heteroatoms. The molecule has 0 spiro atoms. The lowest BCUT2D eigenvalue weighted by molar-refractivity contribution is 0.183. The number of anilines is 2. The lowest BCUT2D eigenvalue weighted by Gasteiger charge is -2.03. The van der Waals surface area contributed by atoms with E-state index in [-0.39, 0.29) is 5.56 Å². The number of halogens is 1. The summed E-state index contributed by atoms with van der Waals surface area (Å²) >= 11 is 3.19. The Kier molecular flexibility index (Phi) is 4.11. The molecule has 0 saturated carbocycles. The first-order valence-electron chi connectivity index (χ1n) is 5.22. The van der Waals surface area contributed by atoms with Crippen molar-refractivity contribution in [1.82, 2.24) is 20.0 Å². The van der Waals surface area contributed by atoms with Gasteiger partial charge in [0.05, 0.1) is 36.9 Å². The van der Waals surface area contributed by atoms with Gasteiger partial charge in [0, 0.05) is 13.3 Å². The van der Waals surface area contributed by atoms with Crippen LogP contribution in [-0.4, -0.2) is 33.7 Å². The van der Waals surface area contributed by atoms with E-state index in [2.05, 4.69) is 36.5 Å². The van der Waals surface area contributed by atoms with Crippen LogP contribution >= 0.6 is 15.9 Å². The van der Waals surface area contributed by atoms with Gasteiger partial charge in [-0.15, -0.1) is 0 Å². The molecule has 96 valence electrons. The van der Waals surface area contributed by atoms with Crippen molar-refractivity contribution in [2.24, 2.45) is 0 Å². The van der Waals surface area contributed by atoms with Crippen molar-refractivity contribution in [1.29, 1.82) is 0 Å². The molecule has 0 aliphatic heterocycles. The lowest BCUT2D eigenvalue weighted by Crippen LogP contribution is -2.10. The zero-order valence-corrected chi connectivity index (χ0v) is 11.3. The van der Waals surface area contributed by atoms with Crippen molar-refractivity contribution in [3.63, 3.8) is 0 Å². The highest BCUT2D eigenvalue weighted by Crippen LogP contribution is 2.20. The highest BCUT2D eigenvalue weighted by atomic mass is 79.9. The van der Waals surface area contributed by atoms with Crippen molar-refractivity contribution in [3.05, 3.63) is 33.4 Å². The molecule has 0 atom stereocenters. The van der Waals surface area contributed by atoms with E-state index in [4.69, 9.17) is 4.74 Å². The van der Waals surface area contributed by atoms with Gasteiger partial charge in [-0.05, 0) is 15.9 Å². The first-order chi connectivity index (χ1) is 8.70. The number of rotatable bonds is 5. The highest BCUT2D eigenvalue weighted by Gasteiger charge is 2.06. The number of nitrogens with zero attached hydrogens (tertiary/aromatic N) is 3. The minimum atomic E-state index is -0.285. The van der Waals surface area contributed by atoms with Crippen molar-refractivity contribution < 1.29 is 4.74 Å². The van der Waals surface area contributed by atoms with E-state index in [1.807, 2.05) is 6.20 Å². The van der Waals surface area contributed by atoms with Gasteiger partial charge in [-0.25, -0.2) is 5.10 Å². The molecule has 0 aromatic carbocycles. The van der Waals surface area contributed by atoms with Gasteiger partial charge in [0.25, 0.3) is 5.56 Å². The van der Waals surface area contributed by atoms with Gasteiger partial charge in [-0.3, -0.25) is 9.48 Å². The standard InChI is InChI=1S/C10H12BrN5O2/c1-18-3-2-16-6-7(4-13-16)14-8-5-12-15-10(17)9(8)11/h4-6H,2-3H2,1H3,(H2,14,15,17). The van der Waals surface area contributed by atoms with E-state index in [9.17, 15) is 4.79 Å². The molecule has 0 aliphatic carbocycles. The van der Waals surface area contributed by atoms with E-state index in [0.717, 1.165) is 5.69 Å². The van der Waals surface area contributed by atoms with Crippen LogP contribution in [0, 0.1) is 0 Å². The van der Waals surface area contributed by atoms with Gasteiger partial charge >= 0.3 is 0 Å². The maximum atomic E-state index is 11.3. The van der Waals surface area contributed by atoms with Crippen LogP contribution in [0.25, 0.3) is 0 Å². The molecule has 0 saturated heterocycles. The van der Waals surface area contributed by atoms with Crippen LogP contribution in [0.15, 0.2) is 27.9 Å². The maximum absolute atomic E-state index is 11.3. The molecule has 0 amide bonds. The second-order valence-electron chi connectivity index (χ2n) is 3.54. The Morgan fingerprint density at radius 2 is 2.39 bits per heavy atom. The maximum Gasteiger partial charge on any atom is 0.280 e. The molecule has 18 heavy (non-hydrogen) atoms. The SMILES string of the molecule is COCCn1cc(Nc2cn[nH]c(=O)c2Br)cn1. The molecule has 7 nitrogen and oxygen atoms in total. The van der Waals surface area contributed by atoms with Gasteiger partial charge < -0.3 is 10.1 Å². The van der Waals surface area contributed by atoms with Crippen LogP contribution in [0.2, 0.25) is 0 Å². The van der Waals surface area contributed by atoms with Crippen LogP contribution in [0.1, 0.15) is 0 Å². The normalized spacial score (nSPS) is 10.6. The fraction of sp³-hybridized carbons (Fsp3) is 0.300. The summed E-state index contributed by atoms with van der Waals surface area (Å²) in [6.07, 6.45) is 5.02. The molecule has 0 unspecified atom stereocenters. The predicted octanol–water partition coefficient (Wildman–Crippen LogP) is 1.12. The number of methoxy groups -OCH3 is 1. The predicted molar refractivity (Wildman–Crippen MR) is 69.9 cm³/mol. The fourth-order valence-electron chi connectivity index (χ4n) is 1.36. The number of aromatic nitrogens is 4. The molecule has 2 aromatic rings. The van der Waals surface area contributed by atoms with Gasteiger partial charge in [0.1, 0.15) is 4.47 Å². The summed E-state index contributed by atoms with van der Waals surface area (Å²) in [7, 11) is 1.64. The first-order valence-corrected chi connectivity index (χ1v) is 6.01. The molecule has 0 bridgehead atoms. The number of hydrogen-bond acceptors (Lipinski definition) is 5. The monoisotopic (exact) mass is 313 g/mol. The molecule has 2 N–H and O–H groups in total. The highest BCUT2D eigenvalue weighted by molar-refractivity contribution is 9.10. The van der Waals surface area contributed by atoms with Crippen molar-refractivity contribution >= 4 is 27.3 Å². The number of aromatic amines is 1. The quantitative estimate of drug-likeness (QED) is 0.864. The summed E-state index contributed by atoms with van der Waals surface area (Å²) in [5, 5.41) is 13.3. The molecule has 0 fully saturated rings. The van der Waals surface area contributed by atoms with E-state index in [1.54, 1.807) is 18.0 Å². The van der Waals surface area contributed by atoms with Crippen LogP contribution < -0.4 is 10.9 Å². The number of H-pyrrole nitrogens is 1. The lowest BCUT2D eigenvalue weighted by atomic mass is 10.4. The summed E-state index contributed by atoms with van der Waals surface area (Å²) in [6, 6.07) is 0. The Morgan fingerprint density at radius 3 is 3.17 bits per heavy atom. The largest absolute Gasteiger partial charge is 0.383 e. The summed E-state index contributed by atoms with van der Waals surface area (Å²) in [4.78, 5) is 11.3. The van der Waals surface area contributed by atoms with E-state index >= 15 is 0 Å². The number of nitrogens with one attached hydrogen (secondary N) is 2. The van der Waals surface area contributed by atoms with Gasteiger partial charge in [0.15, 0.2) is 0 Å². The Hall–Kier alpha value is -1.67. The van der Waals surface area contributed by atoms with Crippen molar-refractivity contribution in [3.8, 4) is 0 Å². The smallest absolute Gasteiger partial charge is 0.280 e. The van der Waals surface area contributed by atoms with Gasteiger partial charge in [0.2, 0.25) is 0 Å². The van der Waals surface area contributed by atoms with Crippen LogP contribution in [0.5, 0.6) is 0 Å². The second-order valence-corrected chi connectivity index (χ2v) is 4.33. The Morgan fingerprint density at radius 1 is 1.56 bits per heavy atom. The average molecular weight is 314 g/mol. The van der Waals surface area contributed by atoms with Crippen molar-refractivity contribution in [2.75, 3.05) is 19.0 Å². The molecular formula is C10H12BrN5O2. The summed E-state index contributed by atoms with van der Waals surface area (Å²) < 4.78 is 7.12. The van der Waals surface area contributed by atoms with Crippen LogP contribution in [0.4, 0.5) is 11.4 Å². The number of ether oxygens (including phenoxy) is 1. The molecule has 2 aromatic heterocycles. The topological polar surface area (TPSA) is 84.8 Å². The average Bonchev–Trinajstić information content (AvgIpc) is 2.80. The Balaban J connectivity index is 2.11. The zero-order chi connectivity index (χ0) is 13.0. The van der Waals surface area contributed by atoms with Crippen LogP contribution in [0.3, 0.4) is 0 Å². The number of hydrogen-bond donors (Lipinski definition) is 2. The van der Waals surface area contributed by atoms with Crippen molar-refractivity contribution in [2.45, 2.75) is 6.54 Å². The Labute approximate surface area is 111 Å². The third-order valence-corrected chi connectivity index (χ3v) is 3.02. The minimum Gasteiger partial charge on any atom is -0.383 e. The third-order valence-electron chi connectivity index (χ3n) is 2.23. The minimum absolute atomic E-state index is 0.285. The molecule has 2 rings (SSSR count). The van der Waals surface area contributed by atoms with E-state index < -0.39 is 0 Å². The first kappa shape index (κ1) is 12.8. The fourth-order valence-corrected chi connectivity index (χ4v) is 1.65. The molecule has 0 aliphatic rings. The van der Waals surface area contributed by atoms with Gasteiger partial charge in [-0.2, -0.15) is 10.2 Å². The third kappa shape index (κ3) is 2.96. The second kappa shape index (κ2) is 5.78. The molecule has 0 radical (unpaired) electrons. The summed E-state index contributed by atoms with van der Waals surface area (Å²) in [5.41, 5.74) is 1.08. The Bertz CT molecular complexity index is 580. The van der Waals surface area contributed by atoms with Gasteiger partial charge in [-0.1, -0.05) is 0 Å². The summed E-state index contributed by atoms with van der Waals surface area (Å²) in [6.45, 7) is 1.27. The zero-order valence-electron chi connectivity index (χ0n) is 9.68. The molecule has 2 heterocycles. The van der Waals surface area contributed by atoms with Crippen LogP contribution in [-0.2, 0) is 11.3 Å². The molecular weight excluding hydrogens is 302 g/mol. The summed E-state index contributed by atoms with van der Waals surface area (Å²) in [5.74, 6) is 0. The van der Waals surface area contributed by atoms with E-state index in [1.165, 1.54) is 6.20 Å².